The molecule has 0 unspecified atom stereocenters. The van der Waals surface area contributed by atoms with Crippen molar-refractivity contribution in [2.45, 2.75) is 16.5 Å². The third-order valence-electron chi connectivity index (χ3n) is 2.81. The van der Waals surface area contributed by atoms with Gasteiger partial charge in [-0.05, 0) is 45.8 Å². The molecule has 0 radical (unpaired) electrons. The van der Waals surface area contributed by atoms with E-state index in [1.165, 1.54) is 11.8 Å². The first kappa shape index (κ1) is 16.5. The molecule has 0 saturated carbocycles. The van der Waals surface area contributed by atoms with Gasteiger partial charge in [0.15, 0.2) is 9.84 Å². The molecule has 112 valence electrons. The van der Waals surface area contributed by atoms with Gasteiger partial charge in [-0.2, -0.15) is 0 Å². The number of benzene rings is 1. The van der Waals surface area contributed by atoms with E-state index in [-0.39, 0.29) is 5.75 Å². The molecule has 4 nitrogen and oxygen atoms in total. The molecular formula is C14H15BrN2O2S2. The molecule has 2 aromatic rings. The number of sulfone groups is 1. The van der Waals surface area contributed by atoms with Crippen LogP contribution in [0.4, 0.5) is 0 Å². The average Bonchev–Trinajstić information content (AvgIpc) is 2.49. The summed E-state index contributed by atoms with van der Waals surface area (Å²) < 4.78 is 25.5. The highest BCUT2D eigenvalue weighted by atomic mass is 79.9. The lowest BCUT2D eigenvalue weighted by Gasteiger charge is -2.06. The first-order chi connectivity index (χ1) is 10.0. The molecule has 2 N–H and O–H groups in total. The summed E-state index contributed by atoms with van der Waals surface area (Å²) in [5.74, 6) is 0.513. The van der Waals surface area contributed by atoms with Crippen LogP contribution >= 0.6 is 27.7 Å². The number of aromatic nitrogens is 1. The first-order valence-electron chi connectivity index (χ1n) is 6.28. The van der Waals surface area contributed by atoms with Gasteiger partial charge in [0, 0.05) is 23.0 Å². The second kappa shape index (κ2) is 7.40. The van der Waals surface area contributed by atoms with E-state index in [0.29, 0.717) is 17.2 Å². The van der Waals surface area contributed by atoms with Gasteiger partial charge in [0.05, 0.1) is 10.6 Å². The zero-order valence-electron chi connectivity index (χ0n) is 11.2. The second-order valence-corrected chi connectivity index (χ2v) is 8.36. The molecule has 0 atom stereocenters. The Morgan fingerprint density at radius 2 is 2.05 bits per heavy atom. The number of hydrogen-bond donors (Lipinski definition) is 1. The molecular weight excluding hydrogens is 372 g/mol. The lowest BCUT2D eigenvalue weighted by Crippen LogP contribution is -2.10. The molecule has 0 bridgehead atoms. The fourth-order valence-electron chi connectivity index (χ4n) is 1.71. The van der Waals surface area contributed by atoms with Gasteiger partial charge in [-0.25, -0.2) is 13.4 Å². The summed E-state index contributed by atoms with van der Waals surface area (Å²) in [4.78, 5) is 4.53. The van der Waals surface area contributed by atoms with Gasteiger partial charge in [-0.1, -0.05) is 12.1 Å². The highest BCUT2D eigenvalue weighted by molar-refractivity contribution is 9.10. The SMILES string of the molecule is NCc1cccc(S(=O)(=O)CCSc2ncccc2Br)c1. The van der Waals surface area contributed by atoms with Crippen molar-refractivity contribution in [1.82, 2.24) is 4.98 Å². The largest absolute Gasteiger partial charge is 0.326 e. The van der Waals surface area contributed by atoms with Crippen LogP contribution in [0.5, 0.6) is 0 Å². The number of halogens is 1. The third-order valence-corrected chi connectivity index (χ3v) is 6.69. The van der Waals surface area contributed by atoms with E-state index in [1.807, 2.05) is 18.2 Å². The monoisotopic (exact) mass is 386 g/mol. The Morgan fingerprint density at radius 3 is 2.76 bits per heavy atom. The normalized spacial score (nSPS) is 11.5. The molecule has 0 spiro atoms. The average molecular weight is 387 g/mol. The molecule has 7 heteroatoms. The Bertz CT molecular complexity index is 720. The van der Waals surface area contributed by atoms with Crippen LogP contribution in [-0.4, -0.2) is 24.9 Å². The van der Waals surface area contributed by atoms with E-state index in [4.69, 9.17) is 5.73 Å². The van der Waals surface area contributed by atoms with Gasteiger partial charge in [0.25, 0.3) is 0 Å². The number of nitrogens with zero attached hydrogens (tertiary/aromatic N) is 1. The van der Waals surface area contributed by atoms with E-state index in [2.05, 4.69) is 20.9 Å². The summed E-state index contributed by atoms with van der Waals surface area (Å²) in [5, 5.41) is 0.795. The van der Waals surface area contributed by atoms with Crippen LogP contribution in [0, 0.1) is 0 Å². The van der Waals surface area contributed by atoms with Crippen LogP contribution in [0.25, 0.3) is 0 Å². The maximum absolute atomic E-state index is 12.3. The highest BCUT2D eigenvalue weighted by Gasteiger charge is 2.15. The van der Waals surface area contributed by atoms with Crippen molar-refractivity contribution in [2.24, 2.45) is 5.73 Å². The Balaban J connectivity index is 2.03. The topological polar surface area (TPSA) is 73.1 Å². The zero-order chi connectivity index (χ0) is 15.3. The molecule has 2 rings (SSSR count). The molecule has 0 aliphatic carbocycles. The third kappa shape index (κ3) is 4.54. The minimum absolute atomic E-state index is 0.0642. The minimum atomic E-state index is -3.30. The van der Waals surface area contributed by atoms with E-state index in [0.717, 1.165) is 15.1 Å². The van der Waals surface area contributed by atoms with E-state index < -0.39 is 9.84 Å². The van der Waals surface area contributed by atoms with Crippen molar-refractivity contribution in [2.75, 3.05) is 11.5 Å². The summed E-state index contributed by atoms with van der Waals surface area (Å²) in [7, 11) is -3.30. The Labute approximate surface area is 137 Å². The maximum atomic E-state index is 12.3. The summed E-state index contributed by atoms with van der Waals surface area (Å²) in [6.45, 7) is 0.332. The van der Waals surface area contributed by atoms with Gasteiger partial charge in [-0.3, -0.25) is 0 Å². The van der Waals surface area contributed by atoms with Gasteiger partial charge < -0.3 is 5.73 Å². The van der Waals surface area contributed by atoms with Gasteiger partial charge in [-0.15, -0.1) is 11.8 Å². The summed E-state index contributed by atoms with van der Waals surface area (Å²) >= 11 is 4.81. The standard InChI is InChI=1S/C14H15BrN2O2S2/c15-13-5-2-6-17-14(13)20-7-8-21(18,19)12-4-1-3-11(9-12)10-16/h1-6,9H,7-8,10,16H2. The quantitative estimate of drug-likeness (QED) is 0.772. The van der Waals surface area contributed by atoms with Gasteiger partial charge >= 0.3 is 0 Å². The molecule has 1 aromatic heterocycles. The minimum Gasteiger partial charge on any atom is -0.326 e. The van der Waals surface area contributed by atoms with Crippen molar-refractivity contribution in [3.05, 3.63) is 52.6 Å². The van der Waals surface area contributed by atoms with Crippen LogP contribution in [0.15, 0.2) is 57.0 Å². The number of hydrogen-bond acceptors (Lipinski definition) is 5. The van der Waals surface area contributed by atoms with Crippen LogP contribution in [0.2, 0.25) is 0 Å². The van der Waals surface area contributed by atoms with Crippen molar-refractivity contribution in [3.8, 4) is 0 Å². The van der Waals surface area contributed by atoms with Crippen molar-refractivity contribution < 1.29 is 8.42 Å². The van der Waals surface area contributed by atoms with Crippen molar-refractivity contribution in [3.63, 3.8) is 0 Å². The smallest absolute Gasteiger partial charge is 0.179 e. The fraction of sp³-hybridized carbons (Fsp3) is 0.214. The molecule has 0 fully saturated rings. The maximum Gasteiger partial charge on any atom is 0.179 e. The van der Waals surface area contributed by atoms with Crippen molar-refractivity contribution in [1.29, 1.82) is 0 Å². The van der Waals surface area contributed by atoms with E-state index in [9.17, 15) is 8.42 Å². The van der Waals surface area contributed by atoms with Crippen LogP contribution in [-0.2, 0) is 16.4 Å². The summed E-state index contributed by atoms with van der Waals surface area (Å²) in [6.07, 6.45) is 1.69. The number of rotatable bonds is 6. The number of nitrogens with two attached hydrogens (primary N) is 1. The van der Waals surface area contributed by atoms with Crippen LogP contribution < -0.4 is 5.73 Å². The van der Waals surface area contributed by atoms with Crippen LogP contribution in [0.1, 0.15) is 5.56 Å². The van der Waals surface area contributed by atoms with Crippen LogP contribution in [0.3, 0.4) is 0 Å². The summed E-state index contributed by atoms with van der Waals surface area (Å²) in [6, 6.07) is 10.5. The zero-order valence-corrected chi connectivity index (χ0v) is 14.4. The first-order valence-corrected chi connectivity index (χ1v) is 9.71. The highest BCUT2D eigenvalue weighted by Crippen LogP contribution is 2.25. The lowest BCUT2D eigenvalue weighted by molar-refractivity contribution is 0.597. The second-order valence-electron chi connectivity index (χ2n) is 4.31. The fourth-order valence-corrected chi connectivity index (χ4v) is 4.91. The van der Waals surface area contributed by atoms with Gasteiger partial charge in [0.1, 0.15) is 5.03 Å². The molecule has 1 aromatic carbocycles. The number of pyridine rings is 1. The molecule has 1 heterocycles. The molecule has 0 saturated heterocycles. The van der Waals surface area contributed by atoms with Gasteiger partial charge in [0.2, 0.25) is 0 Å². The predicted molar refractivity (Wildman–Crippen MR) is 89.0 cm³/mol. The molecule has 0 aliphatic rings. The van der Waals surface area contributed by atoms with E-state index >= 15 is 0 Å². The number of thioether (sulfide) groups is 1. The van der Waals surface area contributed by atoms with Crippen molar-refractivity contribution >= 4 is 37.5 Å². The molecule has 0 amide bonds. The molecule has 0 aliphatic heterocycles. The Hall–Kier alpha value is -0.890. The summed E-state index contributed by atoms with van der Waals surface area (Å²) in [5.41, 5.74) is 6.36. The molecule has 21 heavy (non-hydrogen) atoms. The predicted octanol–water partition coefficient (Wildman–Crippen LogP) is 2.87. The Morgan fingerprint density at radius 1 is 1.24 bits per heavy atom. The van der Waals surface area contributed by atoms with E-state index in [1.54, 1.807) is 24.4 Å². The Kier molecular flexibility index (Phi) is 5.80. The lowest BCUT2D eigenvalue weighted by atomic mass is 10.2.